The molecule has 9 heteroatoms. The van der Waals surface area contributed by atoms with Gasteiger partial charge in [-0.2, -0.15) is 0 Å². The quantitative estimate of drug-likeness (QED) is 0.578. The van der Waals surface area contributed by atoms with E-state index < -0.39 is 47.7 Å². The minimum atomic E-state index is -1.69. The molecule has 1 atom stereocenters. The summed E-state index contributed by atoms with van der Waals surface area (Å²) in [6, 6.07) is 9.59. The number of rotatable bonds is 5. The summed E-state index contributed by atoms with van der Waals surface area (Å²) in [7, 11) is 0. The Kier molecular flexibility index (Phi) is 5.53. The van der Waals surface area contributed by atoms with Gasteiger partial charge >= 0.3 is 6.03 Å². The second kappa shape index (κ2) is 8.03. The maximum Gasteiger partial charge on any atom is 0.315 e. The third-order valence-corrected chi connectivity index (χ3v) is 3.94. The van der Waals surface area contributed by atoms with Crippen molar-refractivity contribution in [2.75, 3.05) is 11.9 Å². The van der Waals surface area contributed by atoms with E-state index in [1.54, 1.807) is 19.1 Å². The number of para-hydroxylation sites is 1. The molecule has 0 saturated heterocycles. The highest BCUT2D eigenvalue weighted by atomic mass is 19.2. The highest BCUT2D eigenvalue weighted by molar-refractivity contribution is 5.94. The van der Waals surface area contributed by atoms with Crippen LogP contribution < -0.4 is 16.0 Å². The summed E-state index contributed by atoms with van der Waals surface area (Å²) >= 11 is 0. The zero-order valence-electron chi connectivity index (χ0n) is 14.7. The summed E-state index contributed by atoms with van der Waals surface area (Å²) < 4.78 is 45.2. The van der Waals surface area contributed by atoms with Crippen molar-refractivity contribution in [2.45, 2.75) is 13.0 Å². The molecule has 0 radical (unpaired) electrons. The first-order valence-electron chi connectivity index (χ1n) is 8.31. The minimum Gasteiger partial charge on any atom is -0.459 e. The van der Waals surface area contributed by atoms with E-state index in [9.17, 15) is 22.8 Å². The molecule has 0 saturated carbocycles. The van der Waals surface area contributed by atoms with Gasteiger partial charge in [0.1, 0.15) is 11.3 Å². The maximum atomic E-state index is 13.5. The molecule has 1 unspecified atom stereocenters. The number of hydrogen-bond acceptors (Lipinski definition) is 3. The van der Waals surface area contributed by atoms with Gasteiger partial charge in [-0.05, 0) is 31.2 Å². The molecular weight excluding hydrogens is 375 g/mol. The van der Waals surface area contributed by atoms with Crippen molar-refractivity contribution in [1.29, 1.82) is 0 Å². The Bertz CT molecular complexity index is 1000. The second-order valence-electron chi connectivity index (χ2n) is 6.01. The van der Waals surface area contributed by atoms with E-state index in [0.29, 0.717) is 17.4 Å². The highest BCUT2D eigenvalue weighted by Crippen LogP contribution is 2.23. The molecule has 3 amide bonds. The molecule has 28 heavy (non-hydrogen) atoms. The van der Waals surface area contributed by atoms with Crippen LogP contribution in [0.3, 0.4) is 0 Å². The zero-order chi connectivity index (χ0) is 20.3. The first-order chi connectivity index (χ1) is 13.3. The number of carbonyl (C=O) groups excluding carboxylic acids is 2. The molecule has 6 nitrogen and oxygen atoms in total. The molecule has 0 aliphatic heterocycles. The van der Waals surface area contributed by atoms with Gasteiger partial charge in [0, 0.05) is 5.39 Å². The van der Waals surface area contributed by atoms with Crippen LogP contribution in [0, 0.1) is 17.5 Å². The van der Waals surface area contributed by atoms with Crippen molar-refractivity contribution in [2.24, 2.45) is 0 Å². The number of anilines is 1. The average Bonchev–Trinajstić information content (AvgIpc) is 3.11. The highest BCUT2D eigenvalue weighted by Gasteiger charge is 2.17. The number of hydrogen-bond donors (Lipinski definition) is 3. The summed E-state index contributed by atoms with van der Waals surface area (Å²) in [5.74, 6) is -4.85. The van der Waals surface area contributed by atoms with Crippen LogP contribution in [0.25, 0.3) is 11.0 Å². The Balaban J connectivity index is 1.52. The summed E-state index contributed by atoms with van der Waals surface area (Å²) in [6.45, 7) is 1.20. The first kappa shape index (κ1) is 19.3. The molecule has 3 N–H and O–H groups in total. The SMILES string of the molecule is CC(NC(=O)NCC(=O)Nc1ccc(F)c(F)c1F)c1cc2ccccc2o1. The second-order valence-corrected chi connectivity index (χ2v) is 6.01. The normalized spacial score (nSPS) is 11.9. The van der Waals surface area contributed by atoms with Crippen LogP contribution in [0.1, 0.15) is 18.7 Å². The van der Waals surface area contributed by atoms with E-state index in [2.05, 4.69) is 16.0 Å². The van der Waals surface area contributed by atoms with E-state index in [0.717, 1.165) is 11.5 Å². The van der Waals surface area contributed by atoms with Gasteiger partial charge in [0.15, 0.2) is 17.5 Å². The molecule has 1 heterocycles. The molecule has 0 spiro atoms. The number of furan rings is 1. The van der Waals surface area contributed by atoms with Crippen molar-refractivity contribution in [3.8, 4) is 0 Å². The Morgan fingerprint density at radius 3 is 2.57 bits per heavy atom. The van der Waals surface area contributed by atoms with Crippen LogP contribution in [0.2, 0.25) is 0 Å². The first-order valence-corrected chi connectivity index (χ1v) is 8.31. The van der Waals surface area contributed by atoms with Gasteiger partial charge in [0.2, 0.25) is 5.91 Å². The van der Waals surface area contributed by atoms with Gasteiger partial charge in [-0.25, -0.2) is 18.0 Å². The van der Waals surface area contributed by atoms with Crippen LogP contribution >= 0.6 is 0 Å². The molecule has 2 aromatic carbocycles. The van der Waals surface area contributed by atoms with Crippen molar-refractivity contribution < 1.29 is 27.2 Å². The predicted molar refractivity (Wildman–Crippen MR) is 96.1 cm³/mol. The minimum absolute atomic E-state index is 0.473. The number of urea groups is 1. The summed E-state index contributed by atoms with van der Waals surface area (Å²) in [6.07, 6.45) is 0. The largest absolute Gasteiger partial charge is 0.459 e. The van der Waals surface area contributed by atoms with Crippen LogP contribution in [0.5, 0.6) is 0 Å². The van der Waals surface area contributed by atoms with Crippen molar-refractivity contribution >= 4 is 28.6 Å². The number of nitrogens with one attached hydrogen (secondary N) is 3. The Labute approximate surface area is 157 Å². The van der Waals surface area contributed by atoms with Gasteiger partial charge in [-0.1, -0.05) is 18.2 Å². The lowest BCUT2D eigenvalue weighted by Gasteiger charge is -2.13. The van der Waals surface area contributed by atoms with Crippen LogP contribution in [0.15, 0.2) is 46.9 Å². The van der Waals surface area contributed by atoms with E-state index in [-0.39, 0.29) is 0 Å². The molecule has 0 fully saturated rings. The number of carbonyl (C=O) groups is 2. The van der Waals surface area contributed by atoms with Crippen LogP contribution in [-0.4, -0.2) is 18.5 Å². The van der Waals surface area contributed by atoms with Crippen molar-refractivity contribution in [1.82, 2.24) is 10.6 Å². The van der Waals surface area contributed by atoms with Gasteiger partial charge < -0.3 is 20.4 Å². The smallest absolute Gasteiger partial charge is 0.315 e. The third kappa shape index (κ3) is 4.25. The van der Waals surface area contributed by atoms with Gasteiger partial charge in [-0.15, -0.1) is 0 Å². The number of halogens is 3. The summed E-state index contributed by atoms with van der Waals surface area (Å²) in [5, 5.41) is 7.83. The molecule has 1 aromatic heterocycles. The van der Waals surface area contributed by atoms with Gasteiger partial charge in [-0.3, -0.25) is 4.79 Å². The third-order valence-electron chi connectivity index (χ3n) is 3.94. The predicted octanol–water partition coefficient (Wildman–Crippen LogP) is 3.85. The van der Waals surface area contributed by atoms with E-state index in [1.807, 2.05) is 18.2 Å². The molecular formula is C19H16F3N3O3. The Hall–Kier alpha value is -3.49. The molecule has 0 aliphatic rings. The number of benzene rings is 2. The fraction of sp³-hybridized carbons (Fsp3) is 0.158. The standard InChI is InChI=1S/C19H16F3N3O3/c1-10(15-8-11-4-2-3-5-14(11)28-15)24-19(27)23-9-16(26)25-13-7-6-12(20)17(21)18(13)22/h2-8,10H,9H2,1H3,(H,25,26)(H2,23,24,27). The van der Waals surface area contributed by atoms with E-state index >= 15 is 0 Å². The van der Waals surface area contributed by atoms with Crippen molar-refractivity contribution in [3.63, 3.8) is 0 Å². The zero-order valence-corrected chi connectivity index (χ0v) is 14.7. The van der Waals surface area contributed by atoms with Gasteiger partial charge in [0.05, 0.1) is 18.3 Å². The lowest BCUT2D eigenvalue weighted by Crippen LogP contribution is -2.41. The molecule has 146 valence electrons. The average molecular weight is 391 g/mol. The Morgan fingerprint density at radius 2 is 1.82 bits per heavy atom. The summed E-state index contributed by atoms with van der Waals surface area (Å²) in [4.78, 5) is 23.7. The Morgan fingerprint density at radius 1 is 1.07 bits per heavy atom. The fourth-order valence-electron chi connectivity index (χ4n) is 2.51. The fourth-order valence-corrected chi connectivity index (χ4v) is 2.51. The number of amides is 3. The van der Waals surface area contributed by atoms with Crippen molar-refractivity contribution in [3.05, 3.63) is 65.7 Å². The lowest BCUT2D eigenvalue weighted by molar-refractivity contribution is -0.115. The summed E-state index contributed by atoms with van der Waals surface area (Å²) in [5.41, 5.74) is 0.154. The van der Waals surface area contributed by atoms with Gasteiger partial charge in [0.25, 0.3) is 0 Å². The maximum absolute atomic E-state index is 13.5. The molecule has 0 bridgehead atoms. The van der Waals surface area contributed by atoms with E-state index in [4.69, 9.17) is 4.42 Å². The van der Waals surface area contributed by atoms with E-state index in [1.165, 1.54) is 0 Å². The topological polar surface area (TPSA) is 83.4 Å². The van der Waals surface area contributed by atoms with Crippen LogP contribution in [0.4, 0.5) is 23.7 Å². The monoisotopic (exact) mass is 391 g/mol. The molecule has 0 aliphatic carbocycles. The number of fused-ring (bicyclic) bond motifs is 1. The van der Waals surface area contributed by atoms with Crippen LogP contribution in [-0.2, 0) is 4.79 Å². The lowest BCUT2D eigenvalue weighted by atomic mass is 10.2. The molecule has 3 aromatic rings. The molecule has 3 rings (SSSR count).